The Bertz CT molecular complexity index is 411. The fourth-order valence-electron chi connectivity index (χ4n) is 3.19. The summed E-state index contributed by atoms with van der Waals surface area (Å²) >= 11 is 6.36. The lowest BCUT2D eigenvalue weighted by Gasteiger charge is -2.45. The van der Waals surface area contributed by atoms with Gasteiger partial charge in [0.15, 0.2) is 0 Å². The van der Waals surface area contributed by atoms with E-state index in [4.69, 9.17) is 16.3 Å². The van der Waals surface area contributed by atoms with Crippen LogP contribution in [0.25, 0.3) is 0 Å². The van der Waals surface area contributed by atoms with Crippen LogP contribution in [0.1, 0.15) is 31.2 Å². The van der Waals surface area contributed by atoms with Gasteiger partial charge in [0.25, 0.3) is 0 Å². The van der Waals surface area contributed by atoms with Crippen LogP contribution < -0.4 is 5.32 Å². The van der Waals surface area contributed by atoms with Crippen molar-refractivity contribution in [2.24, 2.45) is 0 Å². The molecule has 98 valence electrons. The highest BCUT2D eigenvalue weighted by Gasteiger charge is 2.43. The van der Waals surface area contributed by atoms with Crippen molar-refractivity contribution < 1.29 is 4.74 Å². The van der Waals surface area contributed by atoms with Gasteiger partial charge in [0.1, 0.15) is 0 Å². The number of ether oxygens (including phenoxy) is 1. The van der Waals surface area contributed by atoms with Gasteiger partial charge in [-0.3, -0.25) is 0 Å². The lowest BCUT2D eigenvalue weighted by molar-refractivity contribution is -0.0695. The van der Waals surface area contributed by atoms with Crippen LogP contribution in [0.5, 0.6) is 0 Å². The highest BCUT2D eigenvalue weighted by Crippen LogP contribution is 2.41. The van der Waals surface area contributed by atoms with Crippen molar-refractivity contribution >= 4 is 11.6 Å². The Morgan fingerprint density at radius 2 is 2.11 bits per heavy atom. The third-order valence-corrected chi connectivity index (χ3v) is 4.58. The first-order chi connectivity index (χ1) is 8.80. The summed E-state index contributed by atoms with van der Waals surface area (Å²) in [5.41, 5.74) is 1.41. The highest BCUT2D eigenvalue weighted by molar-refractivity contribution is 6.31. The van der Waals surface area contributed by atoms with Crippen molar-refractivity contribution in [2.45, 2.75) is 37.1 Å². The summed E-state index contributed by atoms with van der Waals surface area (Å²) in [7, 11) is 0. The van der Waals surface area contributed by atoms with Crippen LogP contribution in [0.2, 0.25) is 5.02 Å². The molecular formula is C15H20ClNO. The number of nitrogens with one attached hydrogen (secondary N) is 1. The molecule has 1 aromatic rings. The lowest BCUT2D eigenvalue weighted by Crippen LogP contribution is -2.52. The van der Waals surface area contributed by atoms with Crippen molar-refractivity contribution in [1.29, 1.82) is 0 Å². The van der Waals surface area contributed by atoms with Crippen molar-refractivity contribution in [1.82, 2.24) is 5.32 Å². The molecule has 1 atom stereocenters. The standard InChI is InChI=1S/C15H20ClNO/c16-14-7-2-1-6-13(14)15(10-18-11-15)9-12-5-3-4-8-17-12/h1-2,6-7,12,17H,3-5,8-11H2. The van der Waals surface area contributed by atoms with Crippen LogP contribution >= 0.6 is 11.6 Å². The summed E-state index contributed by atoms with van der Waals surface area (Å²) in [6.45, 7) is 2.79. The van der Waals surface area contributed by atoms with E-state index in [-0.39, 0.29) is 5.41 Å². The SMILES string of the molecule is Clc1ccccc1C1(CC2CCCCN2)COC1. The summed E-state index contributed by atoms with van der Waals surface area (Å²) in [5.74, 6) is 0. The molecule has 2 fully saturated rings. The van der Waals surface area contributed by atoms with Gasteiger partial charge in [0.2, 0.25) is 0 Å². The molecule has 0 aromatic heterocycles. The molecule has 0 bridgehead atoms. The number of hydrogen-bond donors (Lipinski definition) is 1. The molecule has 3 rings (SSSR count). The fraction of sp³-hybridized carbons (Fsp3) is 0.600. The van der Waals surface area contributed by atoms with E-state index >= 15 is 0 Å². The molecule has 1 unspecified atom stereocenters. The summed E-state index contributed by atoms with van der Waals surface area (Å²) in [6, 6.07) is 8.85. The zero-order chi connectivity index (χ0) is 12.4. The van der Waals surface area contributed by atoms with Crippen molar-refractivity contribution in [3.63, 3.8) is 0 Å². The highest BCUT2D eigenvalue weighted by atomic mass is 35.5. The minimum atomic E-state index is 0.146. The van der Waals surface area contributed by atoms with Gasteiger partial charge in [-0.1, -0.05) is 36.2 Å². The van der Waals surface area contributed by atoms with Crippen molar-refractivity contribution in [3.8, 4) is 0 Å². The van der Waals surface area contributed by atoms with E-state index in [9.17, 15) is 0 Å². The zero-order valence-corrected chi connectivity index (χ0v) is 11.4. The van der Waals surface area contributed by atoms with Gasteiger partial charge < -0.3 is 10.1 Å². The van der Waals surface area contributed by atoms with Crippen LogP contribution in [-0.2, 0) is 10.2 Å². The van der Waals surface area contributed by atoms with Crippen LogP contribution in [0.15, 0.2) is 24.3 Å². The van der Waals surface area contributed by atoms with E-state index in [1.54, 1.807) is 0 Å². The minimum absolute atomic E-state index is 0.146. The van der Waals surface area contributed by atoms with E-state index in [0.717, 1.165) is 31.2 Å². The predicted molar refractivity (Wildman–Crippen MR) is 74.2 cm³/mol. The molecule has 0 radical (unpaired) electrons. The number of halogens is 1. The van der Waals surface area contributed by atoms with Crippen LogP contribution in [0.4, 0.5) is 0 Å². The molecule has 18 heavy (non-hydrogen) atoms. The molecular weight excluding hydrogens is 246 g/mol. The topological polar surface area (TPSA) is 21.3 Å². The molecule has 2 heterocycles. The first kappa shape index (κ1) is 12.5. The summed E-state index contributed by atoms with van der Waals surface area (Å²) in [6.07, 6.45) is 5.09. The van der Waals surface area contributed by atoms with E-state index in [1.165, 1.54) is 24.8 Å². The van der Waals surface area contributed by atoms with E-state index in [1.807, 2.05) is 12.1 Å². The molecule has 3 heteroatoms. The normalized spacial score (nSPS) is 26.6. The Balaban J connectivity index is 1.79. The van der Waals surface area contributed by atoms with E-state index in [0.29, 0.717) is 6.04 Å². The minimum Gasteiger partial charge on any atom is -0.379 e. The molecule has 2 nitrogen and oxygen atoms in total. The Labute approximate surface area is 114 Å². The van der Waals surface area contributed by atoms with Gasteiger partial charge in [-0.25, -0.2) is 0 Å². The second-order valence-corrected chi connectivity index (χ2v) is 6.01. The predicted octanol–water partition coefficient (Wildman–Crippen LogP) is 3.14. The lowest BCUT2D eigenvalue weighted by atomic mass is 9.72. The first-order valence-electron chi connectivity index (χ1n) is 6.86. The quantitative estimate of drug-likeness (QED) is 0.907. The van der Waals surface area contributed by atoms with Crippen LogP contribution in [-0.4, -0.2) is 25.8 Å². The van der Waals surface area contributed by atoms with Crippen LogP contribution in [0.3, 0.4) is 0 Å². The van der Waals surface area contributed by atoms with E-state index < -0.39 is 0 Å². The number of benzene rings is 1. The monoisotopic (exact) mass is 265 g/mol. The Morgan fingerprint density at radius 1 is 1.28 bits per heavy atom. The maximum atomic E-state index is 6.36. The van der Waals surface area contributed by atoms with Crippen LogP contribution in [0, 0.1) is 0 Å². The van der Waals surface area contributed by atoms with Gasteiger partial charge >= 0.3 is 0 Å². The Morgan fingerprint density at radius 3 is 2.72 bits per heavy atom. The third kappa shape index (κ3) is 2.29. The molecule has 0 saturated carbocycles. The molecule has 0 amide bonds. The Hall–Kier alpha value is -0.570. The van der Waals surface area contributed by atoms with Gasteiger partial charge in [0.05, 0.1) is 13.2 Å². The maximum Gasteiger partial charge on any atom is 0.0586 e. The number of piperidine rings is 1. The molecule has 1 N–H and O–H groups in total. The molecule has 2 aliphatic rings. The number of hydrogen-bond acceptors (Lipinski definition) is 2. The van der Waals surface area contributed by atoms with Gasteiger partial charge in [0, 0.05) is 16.5 Å². The molecule has 0 spiro atoms. The Kier molecular flexibility index (Phi) is 3.60. The van der Waals surface area contributed by atoms with Crippen molar-refractivity contribution in [2.75, 3.05) is 19.8 Å². The molecule has 0 aliphatic carbocycles. The maximum absolute atomic E-state index is 6.36. The molecule has 2 saturated heterocycles. The average molecular weight is 266 g/mol. The summed E-state index contributed by atoms with van der Waals surface area (Å²) in [4.78, 5) is 0. The van der Waals surface area contributed by atoms with E-state index in [2.05, 4.69) is 17.4 Å². The van der Waals surface area contributed by atoms with Crippen molar-refractivity contribution in [3.05, 3.63) is 34.9 Å². The first-order valence-corrected chi connectivity index (χ1v) is 7.24. The molecule has 1 aromatic carbocycles. The van der Waals surface area contributed by atoms with Gasteiger partial charge in [-0.15, -0.1) is 0 Å². The van der Waals surface area contributed by atoms with Gasteiger partial charge in [-0.2, -0.15) is 0 Å². The smallest absolute Gasteiger partial charge is 0.0586 e. The second kappa shape index (κ2) is 5.20. The summed E-state index contributed by atoms with van der Waals surface area (Å²) < 4.78 is 5.50. The molecule has 2 aliphatic heterocycles. The third-order valence-electron chi connectivity index (χ3n) is 4.25. The summed E-state index contributed by atoms with van der Waals surface area (Å²) in [5, 5.41) is 4.52. The second-order valence-electron chi connectivity index (χ2n) is 5.60. The van der Waals surface area contributed by atoms with Gasteiger partial charge in [-0.05, 0) is 37.4 Å². The fourth-order valence-corrected chi connectivity index (χ4v) is 3.53. The average Bonchev–Trinajstić information content (AvgIpc) is 2.36. The zero-order valence-electron chi connectivity index (χ0n) is 10.6. The largest absolute Gasteiger partial charge is 0.379 e. The number of rotatable bonds is 3.